The van der Waals surface area contributed by atoms with Crippen molar-refractivity contribution in [3.8, 4) is 0 Å². The average molecular weight is 209 g/mol. The first-order valence-electron chi connectivity index (χ1n) is 2.50. The predicted molar refractivity (Wildman–Crippen MR) is 27.8 cm³/mol. The molecule has 0 amide bonds. The Bertz CT molecular complexity index is 82.4. The van der Waals surface area contributed by atoms with E-state index in [1.807, 2.05) is 0 Å². The monoisotopic (exact) mass is 209 g/mol. The van der Waals surface area contributed by atoms with E-state index in [2.05, 4.69) is 24.0 Å². The Morgan fingerprint density at radius 2 is 2.29 bits per heavy atom. The average Bonchev–Trinajstić information content (AvgIpc) is 1.84. The first kappa shape index (κ1) is 5.60. The van der Waals surface area contributed by atoms with E-state index < -0.39 is 0 Å². The summed E-state index contributed by atoms with van der Waals surface area (Å²) < 4.78 is 3.07. The van der Waals surface area contributed by atoms with E-state index in [4.69, 9.17) is 0 Å². The van der Waals surface area contributed by atoms with Gasteiger partial charge in [-0.1, -0.05) is 0 Å². The number of hydrogen-bond donors (Lipinski definition) is 0. The molecule has 0 saturated carbocycles. The van der Waals surface area contributed by atoms with Gasteiger partial charge < -0.3 is 0 Å². The van der Waals surface area contributed by atoms with Crippen molar-refractivity contribution >= 4 is 0 Å². The molecule has 0 saturated heterocycles. The van der Waals surface area contributed by atoms with Gasteiger partial charge in [0.15, 0.2) is 0 Å². The number of halogens is 1. The second-order valence-corrected chi connectivity index (χ2v) is 6.66. The summed E-state index contributed by atoms with van der Waals surface area (Å²) >= 11 is 0.415. The summed E-state index contributed by atoms with van der Waals surface area (Å²) in [7, 11) is 0. The van der Waals surface area contributed by atoms with Crippen molar-refractivity contribution in [2.24, 2.45) is 0 Å². The molecule has 1 rings (SSSR count). The van der Waals surface area contributed by atoms with Gasteiger partial charge in [-0.25, -0.2) is 0 Å². The van der Waals surface area contributed by atoms with Gasteiger partial charge in [-0.15, -0.1) is 0 Å². The summed E-state index contributed by atoms with van der Waals surface area (Å²) in [6, 6.07) is 0. The normalized spacial score (nSPS) is 27.1. The summed E-state index contributed by atoms with van der Waals surface area (Å²) in [6.07, 6.45) is 3.63. The quantitative estimate of drug-likeness (QED) is 0.346. The van der Waals surface area contributed by atoms with E-state index in [0.717, 1.165) is 0 Å². The molecule has 0 aliphatic carbocycles. The number of rotatable bonds is 0. The van der Waals surface area contributed by atoms with Gasteiger partial charge in [0.1, 0.15) is 0 Å². The van der Waals surface area contributed by atoms with Crippen LogP contribution in [0.25, 0.3) is 0 Å². The molecule has 0 aromatic heterocycles. The molecule has 0 N–H and O–H groups in total. The van der Waals surface area contributed by atoms with E-state index in [9.17, 15) is 0 Å². The van der Waals surface area contributed by atoms with Crippen molar-refractivity contribution in [1.82, 2.24) is 0 Å². The molecule has 0 aromatic rings. The van der Waals surface area contributed by atoms with E-state index in [1.54, 1.807) is 0 Å². The van der Waals surface area contributed by atoms with Crippen molar-refractivity contribution in [2.45, 2.75) is 23.7 Å². The van der Waals surface area contributed by atoms with E-state index in [-0.39, 0.29) is 0 Å². The summed E-state index contributed by atoms with van der Waals surface area (Å²) in [6.45, 7) is 4.70. The van der Waals surface area contributed by atoms with Crippen molar-refractivity contribution in [3.05, 3.63) is 10.2 Å². The van der Waals surface area contributed by atoms with Crippen LogP contribution < -0.4 is 21.2 Å². The molecule has 0 aromatic carbocycles. The van der Waals surface area contributed by atoms with E-state index in [1.165, 1.54) is 6.42 Å². The molecule has 0 bridgehead atoms. The van der Waals surface area contributed by atoms with Crippen LogP contribution in [-0.2, 0) is 0 Å². The minimum absolute atomic E-state index is 0.415. The Hall–Kier alpha value is 0.470. The van der Waals surface area contributed by atoms with Crippen LogP contribution in [-0.4, -0.2) is 3.42 Å². The van der Waals surface area contributed by atoms with Gasteiger partial charge in [-0.2, -0.15) is 0 Å². The van der Waals surface area contributed by atoms with Crippen molar-refractivity contribution in [3.63, 3.8) is 0 Å². The van der Waals surface area contributed by atoms with Crippen molar-refractivity contribution < 1.29 is 21.2 Å². The Labute approximate surface area is 55.3 Å². The van der Waals surface area contributed by atoms with Gasteiger partial charge in [-0.3, -0.25) is 0 Å². The van der Waals surface area contributed by atoms with Crippen LogP contribution >= 0.6 is 0 Å². The Morgan fingerprint density at radius 1 is 1.57 bits per heavy atom. The van der Waals surface area contributed by atoms with Gasteiger partial charge in [0.2, 0.25) is 0 Å². The van der Waals surface area contributed by atoms with Crippen molar-refractivity contribution in [2.75, 3.05) is 0 Å². The molecule has 0 atom stereocenters. The summed E-state index contributed by atoms with van der Waals surface area (Å²) in [5.74, 6) is 0. The summed E-state index contributed by atoms with van der Waals surface area (Å²) in [5.41, 5.74) is 0. The molecular weight excluding hydrogens is 199 g/mol. The fraction of sp³-hybridized carbons (Fsp3) is 0.667. The molecule has 42 valence electrons. The first-order valence-corrected chi connectivity index (χ1v) is 4.83. The SMILES string of the molecule is CC1(C)CC=C[I-]1. The van der Waals surface area contributed by atoms with E-state index >= 15 is 0 Å². The minimum atomic E-state index is 0.415. The van der Waals surface area contributed by atoms with Crippen LogP contribution in [0.15, 0.2) is 10.2 Å². The van der Waals surface area contributed by atoms with Crippen molar-refractivity contribution in [1.29, 1.82) is 0 Å². The Kier molecular flexibility index (Phi) is 1.41. The van der Waals surface area contributed by atoms with Gasteiger partial charge in [0, 0.05) is 0 Å². The zero-order valence-electron chi connectivity index (χ0n) is 4.74. The van der Waals surface area contributed by atoms with Crippen LogP contribution in [0.2, 0.25) is 0 Å². The Balaban J connectivity index is 2.49. The van der Waals surface area contributed by atoms with Crippen LogP contribution in [0.1, 0.15) is 20.3 Å². The van der Waals surface area contributed by atoms with Crippen LogP contribution in [0.5, 0.6) is 0 Å². The second-order valence-electron chi connectivity index (χ2n) is 2.39. The molecule has 1 aliphatic heterocycles. The maximum atomic E-state index is 2.37. The molecule has 0 spiro atoms. The molecule has 7 heavy (non-hydrogen) atoms. The molecule has 0 radical (unpaired) electrons. The second kappa shape index (κ2) is 1.77. The van der Waals surface area contributed by atoms with Crippen LogP contribution in [0.3, 0.4) is 0 Å². The molecule has 0 fully saturated rings. The Morgan fingerprint density at radius 3 is 2.43 bits per heavy atom. The molecular formula is C6H10I-. The molecule has 1 heteroatoms. The third-order valence-corrected chi connectivity index (χ3v) is 4.05. The number of hydrogen-bond acceptors (Lipinski definition) is 0. The topological polar surface area (TPSA) is 0 Å². The number of alkyl halides is 1. The van der Waals surface area contributed by atoms with Gasteiger partial charge >= 0.3 is 55.1 Å². The number of allylic oxidation sites excluding steroid dienone is 1. The standard InChI is InChI=1S/C6H10I/c1-6(2)4-3-5-7-6/h3,5H,4H2,1-2H3/q-1. The fourth-order valence-electron chi connectivity index (χ4n) is 0.584. The molecule has 1 aliphatic rings. The van der Waals surface area contributed by atoms with Gasteiger partial charge in [0.25, 0.3) is 0 Å². The molecule has 0 unspecified atom stereocenters. The van der Waals surface area contributed by atoms with Gasteiger partial charge in [-0.05, 0) is 0 Å². The zero-order valence-corrected chi connectivity index (χ0v) is 6.90. The first-order chi connectivity index (χ1) is 3.21. The third kappa shape index (κ3) is 1.44. The summed E-state index contributed by atoms with van der Waals surface area (Å²) in [4.78, 5) is 0. The molecule has 1 heterocycles. The van der Waals surface area contributed by atoms with E-state index in [0.29, 0.717) is 24.6 Å². The van der Waals surface area contributed by atoms with Crippen LogP contribution in [0, 0.1) is 0 Å². The van der Waals surface area contributed by atoms with Gasteiger partial charge in [0.05, 0.1) is 0 Å². The predicted octanol–water partition coefficient (Wildman–Crippen LogP) is -1.23. The van der Waals surface area contributed by atoms with Crippen LogP contribution in [0.4, 0.5) is 0 Å². The zero-order chi connectivity index (χ0) is 5.33. The molecule has 0 nitrogen and oxygen atoms in total. The fourth-order valence-corrected chi connectivity index (χ4v) is 2.57. The summed E-state index contributed by atoms with van der Waals surface area (Å²) in [5, 5.41) is 0. The third-order valence-electron chi connectivity index (χ3n) is 1.05. The maximum absolute atomic E-state index is 2.37.